The normalized spacial score (nSPS) is 13.8. The van der Waals surface area contributed by atoms with Gasteiger partial charge < -0.3 is 90.1 Å². The second-order valence-corrected chi connectivity index (χ2v) is 39.0. The molecule has 0 unspecified atom stereocenters. The number of alkyl halides is 3. The van der Waals surface area contributed by atoms with Crippen molar-refractivity contribution in [1.82, 2.24) is 40.0 Å². The molecule has 0 saturated carbocycles. The number of ketones is 2. The fourth-order valence-electron chi connectivity index (χ4n) is 14.9. The Labute approximate surface area is 880 Å². The van der Waals surface area contributed by atoms with Crippen LogP contribution in [0.3, 0.4) is 0 Å². The second kappa shape index (κ2) is 53.9. The number of carboxylic acids is 1. The van der Waals surface area contributed by atoms with E-state index in [1.165, 1.54) is 60.9 Å². The van der Waals surface area contributed by atoms with E-state index >= 15 is 0 Å². The Kier molecular flexibility index (Phi) is 43.4. The molecule has 0 radical (unpaired) electrons. The molecule has 8 heterocycles. The molecule has 41 heteroatoms. The molecule has 0 atom stereocenters. The molecule has 15 rings (SSSR count). The number of benzene rings is 7. The summed E-state index contributed by atoms with van der Waals surface area (Å²) in [6, 6.07) is 42.4. The predicted octanol–water partition coefficient (Wildman–Crippen LogP) is 16.8. The number of Topliss-reactive ketones (excluding diaryl/α,β-unsaturated/α-hetero) is 2. The van der Waals surface area contributed by atoms with Crippen LogP contribution < -0.4 is 76.6 Å². The number of hydrogen-bond donors (Lipinski definition) is 6. The van der Waals surface area contributed by atoms with Crippen LogP contribution in [-0.2, 0) is 46.1 Å². The number of nitrogens with one attached hydrogen (secondary N) is 3. The summed E-state index contributed by atoms with van der Waals surface area (Å²) < 4.78 is 109. The zero-order valence-electron chi connectivity index (χ0n) is 87.9. The number of nitrogens with zero attached hydrogens (tertiary/aromatic N) is 11. The molecule has 4 aliphatic heterocycles. The van der Waals surface area contributed by atoms with Crippen molar-refractivity contribution < 1.29 is 144 Å². The van der Waals surface area contributed by atoms with Gasteiger partial charge in [-0.3, -0.25) is 45.0 Å². The van der Waals surface area contributed by atoms with E-state index in [0.717, 1.165) is 112 Å². The van der Waals surface area contributed by atoms with E-state index in [4.69, 9.17) is 51.2 Å². The SMILES string of the molecule is CC.CC(C)(C)OC(=O)N1CCN(c2ccc3cc(C(=O)O)cnc3c2)CC1.CC(C)(C)OC(=O)Nc1ccc(F)cc1CC(=O)c1cnc2cc(N3CCN(C(=O)OC(C)(C)C)CC3)ccc2c1.CC(C)(C)OC(=O)Nc1ccc(F)cc1N.CCOC(=O)c1cnc2cc(N3CCN(C(=O)OC(C)(C)C)CC3)ccc2c1.Nc1ccc(F)cc1CC(=O)c1cnc2cc(N3CCNCC3)ccc2c1.[2H]C(=O)C(F)(F)F.[Na+].[OH-]. The van der Waals surface area contributed by atoms with Gasteiger partial charge in [0.2, 0.25) is 6.26 Å². The number of nitrogen functional groups attached to an aromatic ring is 2. The summed E-state index contributed by atoms with van der Waals surface area (Å²) in [6.45, 7) is 44.9. The van der Waals surface area contributed by atoms with Crippen LogP contribution in [0.15, 0.2) is 176 Å². The molecule has 4 saturated heterocycles. The third-order valence-corrected chi connectivity index (χ3v) is 21.7. The average molecular weight is 2070 g/mol. The van der Waals surface area contributed by atoms with Crippen molar-refractivity contribution in [3.8, 4) is 0 Å². The van der Waals surface area contributed by atoms with E-state index in [2.05, 4.69) is 67.6 Å². The number of anilines is 8. The summed E-state index contributed by atoms with van der Waals surface area (Å²) >= 11 is 0. The summed E-state index contributed by atoms with van der Waals surface area (Å²) in [4.78, 5) is 150. The number of carbonyl (C=O) groups excluding carboxylic acids is 9. The Hall–Kier alpha value is -14.2. The molecule has 34 nitrogen and oxygen atoms in total. The molecule has 0 spiro atoms. The smallest absolute Gasteiger partial charge is 0.870 e. The number of ether oxygens (including phenoxy) is 6. The van der Waals surface area contributed by atoms with Gasteiger partial charge in [0.05, 0.1) is 51.2 Å². The first-order valence-electron chi connectivity index (χ1n) is 48.1. The van der Waals surface area contributed by atoms with Gasteiger partial charge in [-0.1, -0.05) is 38.1 Å². The third kappa shape index (κ3) is 38.6. The van der Waals surface area contributed by atoms with Gasteiger partial charge in [0.15, 0.2) is 11.6 Å². The molecule has 0 aliphatic carbocycles. The van der Waals surface area contributed by atoms with Crippen molar-refractivity contribution in [2.45, 2.75) is 172 Å². The van der Waals surface area contributed by atoms with Gasteiger partial charge in [-0.25, -0.2) is 46.7 Å². The molecule has 790 valence electrons. The first-order chi connectivity index (χ1) is 69.0. The molecular weight excluding hydrogens is 1930 g/mol. The number of pyridine rings is 4. The van der Waals surface area contributed by atoms with E-state index in [-0.39, 0.29) is 94.9 Å². The van der Waals surface area contributed by atoms with E-state index in [0.29, 0.717) is 117 Å². The van der Waals surface area contributed by atoms with Crippen LogP contribution in [-0.4, -0.2) is 251 Å². The van der Waals surface area contributed by atoms with Gasteiger partial charge in [-0.05, 0) is 249 Å². The number of carboxylic acid groups (broad SMARTS) is 1. The largest absolute Gasteiger partial charge is 1.00 e. The van der Waals surface area contributed by atoms with E-state index < -0.39 is 76.1 Å². The minimum Gasteiger partial charge on any atom is -0.870 e. The number of aromatic nitrogens is 4. The Morgan fingerprint density at radius 1 is 0.405 bits per heavy atom. The van der Waals surface area contributed by atoms with Crippen LogP contribution in [0.1, 0.15) is 179 Å². The molecule has 4 fully saturated rings. The molecule has 5 amide bonds. The summed E-state index contributed by atoms with van der Waals surface area (Å²) in [5, 5.41) is 20.8. The molecule has 7 aromatic carbocycles. The Bertz CT molecular complexity index is 6510. The van der Waals surface area contributed by atoms with Gasteiger partial charge in [-0.2, -0.15) is 13.2 Å². The monoisotopic (exact) mass is 2070 g/mol. The first kappa shape index (κ1) is 119. The minimum atomic E-state index is -4.97. The third-order valence-electron chi connectivity index (χ3n) is 21.7. The zero-order valence-corrected chi connectivity index (χ0v) is 88.9. The topological polar surface area (TPSA) is 439 Å². The molecule has 4 aliphatic rings. The number of carbonyl (C=O) groups is 10. The molecular formula is C107H131F6N16NaO18. The summed E-state index contributed by atoms with van der Waals surface area (Å²) in [5.74, 6) is -3.11. The number of aromatic carboxylic acids is 1. The summed E-state index contributed by atoms with van der Waals surface area (Å²) in [5.41, 5.74) is 19.5. The van der Waals surface area contributed by atoms with Crippen molar-refractivity contribution >= 4 is 149 Å². The fraction of sp³-hybridized carbons (Fsp3) is 0.402. The number of fused-ring (bicyclic) bond motifs is 4. The van der Waals surface area contributed by atoms with Gasteiger partial charge in [0.25, 0.3) is 0 Å². The zero-order chi connectivity index (χ0) is 108. The predicted molar refractivity (Wildman–Crippen MR) is 554 cm³/mol. The van der Waals surface area contributed by atoms with Crippen molar-refractivity contribution in [3.63, 3.8) is 0 Å². The summed E-state index contributed by atoms with van der Waals surface area (Å²) in [6.07, 6.45) is -3.70. The second-order valence-electron chi connectivity index (χ2n) is 39.0. The molecule has 0 bridgehead atoms. The van der Waals surface area contributed by atoms with Crippen LogP contribution in [0.5, 0.6) is 0 Å². The van der Waals surface area contributed by atoms with Gasteiger partial charge in [-0.15, -0.1) is 0 Å². The number of piperazine rings is 4. The maximum Gasteiger partial charge on any atom is 1.00 e. The number of aldehydes is 1. The Balaban J connectivity index is 0.000000252. The Morgan fingerprint density at radius 2 is 0.703 bits per heavy atom. The first-order valence-corrected chi connectivity index (χ1v) is 47.6. The van der Waals surface area contributed by atoms with Gasteiger partial charge >= 0.3 is 78.1 Å². The molecule has 11 aromatic rings. The van der Waals surface area contributed by atoms with Crippen LogP contribution in [0.25, 0.3) is 43.6 Å². The van der Waals surface area contributed by atoms with Crippen LogP contribution in [0.4, 0.5) is 95.8 Å². The van der Waals surface area contributed by atoms with Crippen molar-refractivity contribution in [3.05, 3.63) is 227 Å². The van der Waals surface area contributed by atoms with Crippen molar-refractivity contribution in [1.29, 1.82) is 0 Å². The molecule has 9 N–H and O–H groups in total. The van der Waals surface area contributed by atoms with Crippen LogP contribution in [0, 0.1) is 17.5 Å². The van der Waals surface area contributed by atoms with Gasteiger partial charge in [0, 0.05) is 209 Å². The van der Waals surface area contributed by atoms with E-state index in [9.17, 15) is 69.5 Å². The van der Waals surface area contributed by atoms with Crippen LogP contribution in [0.2, 0.25) is 0 Å². The van der Waals surface area contributed by atoms with Gasteiger partial charge in [0.1, 0.15) is 46.8 Å². The standard InChI is InChI=1S/C31H37FN4O5.C21H21FN4O.C21H27N3O4.C19H23N3O4.C11H15FN2O2.C2HF3O.C2H6.Na.H2O/c1-30(2,3)40-28(38)34-25-10-8-23(32)16-21(25)17-27(37)22-15-20-7-9-24(18-26(20)33-19-22)35-11-13-36(14-12-35)29(39)41-31(4,5)6;22-17-2-4-19(23)15(10-17)11-21(27)16-9-14-1-3-18(12-20(14)25-13-16)26-7-5-24-6-8-26;1-5-27-19(25)16-12-15-6-7-17(13-18(15)22-14-16)23-8-10-24(11-9-23)20(26)28-21(2,3)4;1-19(2,3)26-18(25)22-8-6-21(7-9-22)15-5-4-13-10-14(17(23)24)12-20-16(13)11-15;1-11(2,3)16-10(15)14-9-5-4-7(12)6-8(9)13;3-2(4,5)1-6;1-2;;/h7-10,15-16,18-19H,11-14,17H2,1-6H3,(H,34,38);1-4,9-10,12-13,24H,5-8,11,23H2;6-7,12-14H,5,8-11H2,1-4H3;4-5,10-12H,6-9H2,1-3H3,(H,23,24);4-6H,13H2,1-3H3,(H,14,15);1H;1-2H3;;1H2/q;;;;;;;+1;/p-1/i;;;;;1D;;;. The minimum absolute atomic E-state index is 0. The van der Waals surface area contributed by atoms with Crippen molar-refractivity contribution in [2.24, 2.45) is 0 Å². The maximum atomic E-state index is 14.0. The number of halogens is 6. The number of esters is 1. The number of rotatable bonds is 15. The summed E-state index contributed by atoms with van der Waals surface area (Å²) in [7, 11) is 0. The fourth-order valence-corrected chi connectivity index (χ4v) is 14.9. The Morgan fingerprint density at radius 3 is 1.04 bits per heavy atom. The van der Waals surface area contributed by atoms with E-state index in [1.54, 1.807) is 93.8 Å². The quantitative estimate of drug-likeness (QED) is 0.0106. The maximum absolute atomic E-state index is 14.0. The number of nitrogens with two attached hydrogens (primary N) is 2. The van der Waals surface area contributed by atoms with E-state index in [1.807, 2.05) is 143 Å². The van der Waals surface area contributed by atoms with Crippen LogP contribution >= 0.6 is 0 Å². The number of hydrogen-bond acceptors (Lipinski definition) is 28. The molecule has 4 aromatic heterocycles. The average Bonchev–Trinajstić information content (AvgIpc) is 0.804. The number of amides is 5. The van der Waals surface area contributed by atoms with Crippen molar-refractivity contribution in [2.75, 3.05) is 153 Å². The molecule has 148 heavy (non-hydrogen) atoms.